The van der Waals surface area contributed by atoms with Crippen molar-refractivity contribution in [3.05, 3.63) is 23.3 Å². The molecule has 0 radical (unpaired) electrons. The lowest BCUT2D eigenvalue weighted by Crippen LogP contribution is -2.04. The Balaban J connectivity index is 3.30. The van der Waals surface area contributed by atoms with Crippen LogP contribution in [0.3, 0.4) is 0 Å². The number of rotatable bonds is 2. The number of hydrogen-bond acceptors (Lipinski definition) is 3. The maximum Gasteiger partial charge on any atom is 0.336 e. The van der Waals surface area contributed by atoms with E-state index in [0.717, 1.165) is 0 Å². The number of carboxylic acid groups (broad SMARTS) is 1. The molecule has 0 spiro atoms. The van der Waals surface area contributed by atoms with Gasteiger partial charge in [-0.3, -0.25) is 0 Å². The molecule has 4 N–H and O–H groups in total. The minimum absolute atomic E-state index is 0.276. The zero-order valence-electron chi connectivity index (χ0n) is 7.59. The van der Waals surface area contributed by atoms with Gasteiger partial charge in [-0.25, -0.2) is 4.79 Å². The quantitative estimate of drug-likeness (QED) is 0.600. The molecule has 0 saturated heterocycles. The lowest BCUT2D eigenvalue weighted by atomic mass is 10.1. The summed E-state index contributed by atoms with van der Waals surface area (Å²) < 4.78 is 0. The van der Waals surface area contributed by atoms with E-state index in [1.807, 2.05) is 0 Å². The monoisotopic (exact) mass is 180 g/mol. The number of carbonyl (C=O) groups is 1. The predicted octanol–water partition coefficient (Wildman–Crippen LogP) is 1.32. The Labute approximate surface area is 76.4 Å². The van der Waals surface area contributed by atoms with E-state index in [9.17, 15) is 4.79 Å². The normalized spacial score (nSPS) is 9.69. The van der Waals surface area contributed by atoms with Crippen molar-refractivity contribution in [1.29, 1.82) is 0 Å². The fraction of sp³-hybridized carbons (Fsp3) is 0.222. The second-order valence-corrected chi connectivity index (χ2v) is 2.81. The summed E-state index contributed by atoms with van der Waals surface area (Å²) in [5.74, 6) is -0.936. The van der Waals surface area contributed by atoms with Gasteiger partial charge in [0.2, 0.25) is 0 Å². The average molecular weight is 180 g/mol. The molecule has 0 fully saturated rings. The van der Waals surface area contributed by atoms with Gasteiger partial charge in [0.25, 0.3) is 0 Å². The first-order valence-corrected chi connectivity index (χ1v) is 3.87. The van der Waals surface area contributed by atoms with E-state index < -0.39 is 5.97 Å². The van der Waals surface area contributed by atoms with E-state index >= 15 is 0 Å². The summed E-state index contributed by atoms with van der Waals surface area (Å²) in [5.41, 5.74) is 7.79. The Morgan fingerprint density at radius 1 is 1.54 bits per heavy atom. The summed E-state index contributed by atoms with van der Waals surface area (Å²) in [4.78, 5) is 10.7. The van der Waals surface area contributed by atoms with Crippen molar-refractivity contribution < 1.29 is 9.90 Å². The van der Waals surface area contributed by atoms with Crippen molar-refractivity contribution in [3.63, 3.8) is 0 Å². The average Bonchev–Trinajstić information content (AvgIpc) is 2.03. The fourth-order valence-corrected chi connectivity index (χ4v) is 1.18. The Morgan fingerprint density at radius 2 is 2.15 bits per heavy atom. The van der Waals surface area contributed by atoms with E-state index in [4.69, 9.17) is 10.8 Å². The van der Waals surface area contributed by atoms with Crippen LogP contribution in [-0.4, -0.2) is 18.1 Å². The maximum atomic E-state index is 10.7. The van der Waals surface area contributed by atoms with Gasteiger partial charge in [-0.2, -0.15) is 0 Å². The molecule has 4 heteroatoms. The SMILES string of the molecule is CNc1cc(C(=O)O)c(C)cc1N. The third kappa shape index (κ3) is 1.72. The van der Waals surface area contributed by atoms with E-state index in [2.05, 4.69) is 5.32 Å². The van der Waals surface area contributed by atoms with E-state index in [1.165, 1.54) is 6.07 Å². The second-order valence-electron chi connectivity index (χ2n) is 2.81. The van der Waals surface area contributed by atoms with Gasteiger partial charge in [0.15, 0.2) is 0 Å². The largest absolute Gasteiger partial charge is 0.478 e. The maximum absolute atomic E-state index is 10.7. The third-order valence-corrected chi connectivity index (χ3v) is 1.90. The highest BCUT2D eigenvalue weighted by Gasteiger charge is 2.09. The number of aromatic carboxylic acids is 1. The van der Waals surface area contributed by atoms with Crippen LogP contribution in [0.1, 0.15) is 15.9 Å². The molecule has 1 aromatic carbocycles. The Bertz CT molecular complexity index is 348. The molecule has 0 saturated carbocycles. The van der Waals surface area contributed by atoms with Crippen LogP contribution in [-0.2, 0) is 0 Å². The van der Waals surface area contributed by atoms with Crippen LogP contribution in [0.25, 0.3) is 0 Å². The molecule has 0 aromatic heterocycles. The van der Waals surface area contributed by atoms with Gasteiger partial charge in [0.1, 0.15) is 0 Å². The Kier molecular flexibility index (Phi) is 2.41. The number of aryl methyl sites for hydroxylation is 1. The zero-order valence-corrected chi connectivity index (χ0v) is 7.59. The van der Waals surface area contributed by atoms with E-state index in [1.54, 1.807) is 20.0 Å². The van der Waals surface area contributed by atoms with Crippen molar-refractivity contribution in [1.82, 2.24) is 0 Å². The van der Waals surface area contributed by atoms with E-state index in [0.29, 0.717) is 16.9 Å². The summed E-state index contributed by atoms with van der Waals surface area (Å²) in [5, 5.41) is 11.6. The molecular weight excluding hydrogens is 168 g/mol. The number of nitrogens with two attached hydrogens (primary N) is 1. The molecule has 0 aliphatic rings. The Hall–Kier alpha value is -1.71. The van der Waals surface area contributed by atoms with Gasteiger partial charge in [-0.1, -0.05) is 0 Å². The van der Waals surface area contributed by atoms with Crippen LogP contribution < -0.4 is 11.1 Å². The topological polar surface area (TPSA) is 75.3 Å². The summed E-state index contributed by atoms with van der Waals surface area (Å²) >= 11 is 0. The molecule has 0 unspecified atom stereocenters. The predicted molar refractivity (Wildman–Crippen MR) is 52.1 cm³/mol. The molecule has 70 valence electrons. The molecule has 0 heterocycles. The molecule has 0 amide bonds. The van der Waals surface area contributed by atoms with Gasteiger partial charge in [0, 0.05) is 7.05 Å². The standard InChI is InChI=1S/C9H12N2O2/c1-5-3-7(10)8(11-2)4-6(5)9(12)13/h3-4,11H,10H2,1-2H3,(H,12,13). The number of hydrogen-bond donors (Lipinski definition) is 3. The van der Waals surface area contributed by atoms with Crippen LogP contribution >= 0.6 is 0 Å². The number of benzene rings is 1. The minimum Gasteiger partial charge on any atom is -0.478 e. The first kappa shape index (κ1) is 9.38. The minimum atomic E-state index is -0.936. The van der Waals surface area contributed by atoms with Gasteiger partial charge >= 0.3 is 5.97 Å². The van der Waals surface area contributed by atoms with Crippen molar-refractivity contribution in [2.45, 2.75) is 6.92 Å². The molecule has 4 nitrogen and oxygen atoms in total. The van der Waals surface area contributed by atoms with Crippen LogP contribution in [0.5, 0.6) is 0 Å². The fourth-order valence-electron chi connectivity index (χ4n) is 1.18. The van der Waals surface area contributed by atoms with Gasteiger partial charge in [0.05, 0.1) is 16.9 Å². The lowest BCUT2D eigenvalue weighted by molar-refractivity contribution is 0.0696. The lowest BCUT2D eigenvalue weighted by Gasteiger charge is -2.08. The molecule has 13 heavy (non-hydrogen) atoms. The van der Waals surface area contributed by atoms with Crippen molar-refractivity contribution in [2.24, 2.45) is 0 Å². The molecule has 0 aliphatic heterocycles. The van der Waals surface area contributed by atoms with Crippen molar-refractivity contribution in [3.8, 4) is 0 Å². The van der Waals surface area contributed by atoms with E-state index in [-0.39, 0.29) is 5.56 Å². The summed E-state index contributed by atoms with van der Waals surface area (Å²) in [7, 11) is 1.70. The van der Waals surface area contributed by atoms with Crippen LogP contribution in [0, 0.1) is 6.92 Å². The van der Waals surface area contributed by atoms with Gasteiger partial charge < -0.3 is 16.2 Å². The molecule has 1 aromatic rings. The van der Waals surface area contributed by atoms with Crippen LogP contribution in [0.4, 0.5) is 11.4 Å². The second kappa shape index (κ2) is 3.35. The highest BCUT2D eigenvalue weighted by atomic mass is 16.4. The van der Waals surface area contributed by atoms with Crippen molar-refractivity contribution in [2.75, 3.05) is 18.1 Å². The van der Waals surface area contributed by atoms with Crippen LogP contribution in [0.15, 0.2) is 12.1 Å². The number of carboxylic acids is 1. The Morgan fingerprint density at radius 3 is 2.62 bits per heavy atom. The molecule has 1 rings (SSSR count). The van der Waals surface area contributed by atoms with Gasteiger partial charge in [-0.15, -0.1) is 0 Å². The summed E-state index contributed by atoms with van der Waals surface area (Å²) in [6.45, 7) is 1.72. The van der Waals surface area contributed by atoms with Crippen molar-refractivity contribution >= 4 is 17.3 Å². The number of nitrogen functional groups attached to an aromatic ring is 1. The highest BCUT2D eigenvalue weighted by Crippen LogP contribution is 2.22. The molecule has 0 bridgehead atoms. The highest BCUT2D eigenvalue weighted by molar-refractivity contribution is 5.92. The summed E-state index contributed by atoms with van der Waals surface area (Å²) in [6.07, 6.45) is 0. The molecule has 0 atom stereocenters. The number of anilines is 2. The molecular formula is C9H12N2O2. The van der Waals surface area contributed by atoms with Crippen LogP contribution in [0.2, 0.25) is 0 Å². The first-order chi connectivity index (χ1) is 6.06. The van der Waals surface area contributed by atoms with Gasteiger partial charge in [-0.05, 0) is 24.6 Å². The smallest absolute Gasteiger partial charge is 0.336 e. The zero-order chi connectivity index (χ0) is 10.0. The summed E-state index contributed by atoms with van der Waals surface area (Å²) in [6, 6.07) is 3.18. The number of nitrogens with one attached hydrogen (secondary N) is 1. The molecule has 0 aliphatic carbocycles. The third-order valence-electron chi connectivity index (χ3n) is 1.90. The first-order valence-electron chi connectivity index (χ1n) is 3.87.